The van der Waals surface area contributed by atoms with Crippen molar-refractivity contribution in [3.8, 4) is 5.75 Å². The van der Waals surface area contributed by atoms with E-state index in [0.29, 0.717) is 11.6 Å². The van der Waals surface area contributed by atoms with Crippen LogP contribution in [0.1, 0.15) is 16.7 Å². The molecule has 100 valence electrons. The fourth-order valence-electron chi connectivity index (χ4n) is 1.86. The topological polar surface area (TPSA) is 35.2 Å². The van der Waals surface area contributed by atoms with Crippen molar-refractivity contribution in [3.05, 3.63) is 63.9 Å². The molecule has 2 N–H and O–H groups in total. The molecule has 2 rings (SSSR count). The maximum Gasteiger partial charge on any atom is 0.123 e. The van der Waals surface area contributed by atoms with E-state index in [0.717, 1.165) is 22.4 Å². The van der Waals surface area contributed by atoms with Crippen molar-refractivity contribution < 1.29 is 9.13 Å². The Morgan fingerprint density at radius 2 is 1.95 bits per heavy atom. The van der Waals surface area contributed by atoms with E-state index in [4.69, 9.17) is 22.1 Å². The third kappa shape index (κ3) is 3.46. The highest BCUT2D eigenvalue weighted by atomic mass is 35.5. The number of ether oxygens (including phenoxy) is 1. The van der Waals surface area contributed by atoms with Crippen molar-refractivity contribution in [1.29, 1.82) is 0 Å². The Morgan fingerprint density at radius 3 is 2.63 bits per heavy atom. The van der Waals surface area contributed by atoms with E-state index in [1.165, 1.54) is 12.1 Å². The standard InChI is InChI=1S/C15H15ClFNO/c1-10-6-13(16)3-5-15(10)19-9-11-2-4-14(17)7-12(11)8-18/h2-7H,8-9,18H2,1H3. The summed E-state index contributed by atoms with van der Waals surface area (Å²) in [5.41, 5.74) is 8.20. The zero-order chi connectivity index (χ0) is 13.8. The lowest BCUT2D eigenvalue weighted by molar-refractivity contribution is 0.302. The molecule has 0 amide bonds. The minimum absolute atomic E-state index is 0.285. The van der Waals surface area contributed by atoms with Crippen LogP contribution in [-0.4, -0.2) is 0 Å². The number of nitrogens with two attached hydrogens (primary N) is 1. The third-order valence-electron chi connectivity index (χ3n) is 2.91. The molecule has 2 nitrogen and oxygen atoms in total. The van der Waals surface area contributed by atoms with E-state index in [-0.39, 0.29) is 12.4 Å². The number of benzene rings is 2. The van der Waals surface area contributed by atoms with Crippen LogP contribution in [0.15, 0.2) is 36.4 Å². The number of halogens is 2. The summed E-state index contributed by atoms with van der Waals surface area (Å²) in [6, 6.07) is 9.98. The quantitative estimate of drug-likeness (QED) is 0.923. The molecule has 0 radical (unpaired) electrons. The van der Waals surface area contributed by atoms with Crippen LogP contribution in [0.4, 0.5) is 4.39 Å². The highest BCUT2D eigenvalue weighted by molar-refractivity contribution is 6.30. The van der Waals surface area contributed by atoms with Gasteiger partial charge < -0.3 is 10.5 Å². The molecule has 0 saturated heterocycles. The van der Waals surface area contributed by atoms with Crippen molar-refractivity contribution in [1.82, 2.24) is 0 Å². The van der Waals surface area contributed by atoms with E-state index >= 15 is 0 Å². The highest BCUT2D eigenvalue weighted by Gasteiger charge is 2.05. The van der Waals surface area contributed by atoms with Crippen LogP contribution in [0.2, 0.25) is 5.02 Å². The fourth-order valence-corrected chi connectivity index (χ4v) is 2.08. The second kappa shape index (κ2) is 6.04. The molecule has 2 aromatic carbocycles. The molecule has 0 fully saturated rings. The molecule has 0 bridgehead atoms. The Bertz CT molecular complexity index is 586. The average Bonchev–Trinajstić information content (AvgIpc) is 2.39. The van der Waals surface area contributed by atoms with Crippen molar-refractivity contribution >= 4 is 11.6 Å². The smallest absolute Gasteiger partial charge is 0.123 e. The van der Waals surface area contributed by atoms with Gasteiger partial charge in [0.1, 0.15) is 18.2 Å². The van der Waals surface area contributed by atoms with Gasteiger partial charge in [-0.3, -0.25) is 0 Å². The zero-order valence-electron chi connectivity index (χ0n) is 10.6. The molecule has 0 unspecified atom stereocenters. The number of aryl methyl sites for hydroxylation is 1. The highest BCUT2D eigenvalue weighted by Crippen LogP contribution is 2.23. The predicted molar refractivity (Wildman–Crippen MR) is 74.8 cm³/mol. The second-order valence-electron chi connectivity index (χ2n) is 4.32. The minimum atomic E-state index is -0.285. The summed E-state index contributed by atoms with van der Waals surface area (Å²) in [4.78, 5) is 0. The first-order valence-electron chi connectivity index (χ1n) is 5.96. The largest absolute Gasteiger partial charge is 0.489 e. The maximum atomic E-state index is 13.1. The molecule has 0 aliphatic heterocycles. The monoisotopic (exact) mass is 279 g/mol. The molecular formula is C15H15ClFNO. The van der Waals surface area contributed by atoms with Crippen LogP contribution in [0.3, 0.4) is 0 Å². The number of rotatable bonds is 4. The Hall–Kier alpha value is -1.58. The molecule has 0 heterocycles. The van der Waals surface area contributed by atoms with E-state index < -0.39 is 0 Å². The SMILES string of the molecule is Cc1cc(Cl)ccc1OCc1ccc(F)cc1CN. The molecule has 19 heavy (non-hydrogen) atoms. The van der Waals surface area contributed by atoms with Gasteiger partial charge in [-0.2, -0.15) is 0 Å². The lowest BCUT2D eigenvalue weighted by atomic mass is 10.1. The normalized spacial score (nSPS) is 10.5. The van der Waals surface area contributed by atoms with E-state index in [2.05, 4.69) is 0 Å². The van der Waals surface area contributed by atoms with Gasteiger partial charge in [0, 0.05) is 11.6 Å². The summed E-state index contributed by atoms with van der Waals surface area (Å²) in [5.74, 6) is 0.476. The summed E-state index contributed by atoms with van der Waals surface area (Å²) in [7, 11) is 0. The molecule has 0 aliphatic rings. The molecule has 0 aromatic heterocycles. The van der Waals surface area contributed by atoms with Crippen LogP contribution in [0.5, 0.6) is 5.75 Å². The predicted octanol–water partition coefficient (Wildman–Crippen LogP) is 3.83. The molecule has 0 spiro atoms. The van der Waals surface area contributed by atoms with E-state index in [1.807, 2.05) is 19.1 Å². The first kappa shape index (κ1) is 13.8. The van der Waals surface area contributed by atoms with Gasteiger partial charge >= 0.3 is 0 Å². The van der Waals surface area contributed by atoms with Crippen molar-refractivity contribution in [2.24, 2.45) is 5.73 Å². The van der Waals surface area contributed by atoms with Gasteiger partial charge in [0.2, 0.25) is 0 Å². The van der Waals surface area contributed by atoms with Crippen molar-refractivity contribution in [2.75, 3.05) is 0 Å². The van der Waals surface area contributed by atoms with E-state index in [1.54, 1.807) is 12.1 Å². The van der Waals surface area contributed by atoms with Gasteiger partial charge in [-0.1, -0.05) is 17.7 Å². The Balaban J connectivity index is 2.14. The summed E-state index contributed by atoms with van der Waals surface area (Å²) in [5, 5.41) is 0.675. The molecular weight excluding hydrogens is 265 g/mol. The average molecular weight is 280 g/mol. The van der Waals surface area contributed by atoms with Gasteiger partial charge in [-0.15, -0.1) is 0 Å². The van der Waals surface area contributed by atoms with E-state index in [9.17, 15) is 4.39 Å². The van der Waals surface area contributed by atoms with Gasteiger partial charge in [0.05, 0.1) is 0 Å². The second-order valence-corrected chi connectivity index (χ2v) is 4.75. The first-order valence-corrected chi connectivity index (χ1v) is 6.34. The lowest BCUT2D eigenvalue weighted by Gasteiger charge is -2.12. The van der Waals surface area contributed by atoms with Crippen LogP contribution < -0.4 is 10.5 Å². The summed E-state index contributed by atoms with van der Waals surface area (Å²) < 4.78 is 18.8. The van der Waals surface area contributed by atoms with Crippen LogP contribution in [0, 0.1) is 12.7 Å². The van der Waals surface area contributed by atoms with Gasteiger partial charge in [-0.05, 0) is 53.9 Å². The molecule has 2 aromatic rings. The lowest BCUT2D eigenvalue weighted by Crippen LogP contribution is -2.05. The molecule has 4 heteroatoms. The van der Waals surface area contributed by atoms with Crippen LogP contribution in [0.25, 0.3) is 0 Å². The first-order chi connectivity index (χ1) is 9.10. The summed E-state index contributed by atoms with van der Waals surface area (Å²) in [6.45, 7) is 2.57. The Morgan fingerprint density at radius 1 is 1.16 bits per heavy atom. The third-order valence-corrected chi connectivity index (χ3v) is 3.14. The number of hydrogen-bond acceptors (Lipinski definition) is 2. The van der Waals surface area contributed by atoms with Gasteiger partial charge in [-0.25, -0.2) is 4.39 Å². The van der Waals surface area contributed by atoms with Crippen LogP contribution in [-0.2, 0) is 13.2 Å². The fraction of sp³-hybridized carbons (Fsp3) is 0.200. The maximum absolute atomic E-state index is 13.1. The summed E-state index contributed by atoms with van der Waals surface area (Å²) in [6.07, 6.45) is 0. The Kier molecular flexibility index (Phi) is 4.40. The number of hydrogen-bond donors (Lipinski definition) is 1. The molecule has 0 saturated carbocycles. The van der Waals surface area contributed by atoms with Crippen LogP contribution >= 0.6 is 11.6 Å². The van der Waals surface area contributed by atoms with Crippen molar-refractivity contribution in [3.63, 3.8) is 0 Å². The van der Waals surface area contributed by atoms with Crippen molar-refractivity contribution in [2.45, 2.75) is 20.1 Å². The minimum Gasteiger partial charge on any atom is -0.489 e. The van der Waals surface area contributed by atoms with Gasteiger partial charge in [0.25, 0.3) is 0 Å². The summed E-state index contributed by atoms with van der Waals surface area (Å²) >= 11 is 5.89. The zero-order valence-corrected chi connectivity index (χ0v) is 11.4. The molecule has 0 aliphatic carbocycles. The van der Waals surface area contributed by atoms with Gasteiger partial charge in [0.15, 0.2) is 0 Å². The Labute approximate surface area is 117 Å². The molecule has 0 atom stereocenters.